The van der Waals surface area contributed by atoms with Crippen LogP contribution in [0.1, 0.15) is 22.6 Å². The number of nitrogens with two attached hydrogens (primary N) is 1. The maximum absolute atomic E-state index is 5.65. The molecule has 3 nitrogen and oxygen atoms in total. The van der Waals surface area contributed by atoms with Gasteiger partial charge in [-0.15, -0.1) is 0 Å². The maximum atomic E-state index is 5.65. The summed E-state index contributed by atoms with van der Waals surface area (Å²) in [5, 5.41) is 0. The lowest BCUT2D eigenvalue weighted by atomic mass is 10.2. The first-order chi connectivity index (χ1) is 7.61. The quantitative estimate of drug-likeness (QED) is 0.835. The minimum absolute atomic E-state index is 0.480. The topological polar surface area (TPSA) is 43.8 Å². The van der Waals surface area contributed by atoms with Crippen LogP contribution in [0.15, 0.2) is 24.3 Å². The van der Waals surface area contributed by atoms with Gasteiger partial charge in [0.25, 0.3) is 0 Å². The fraction of sp³-hybridized carbons (Fsp3) is 0.308. The zero-order valence-corrected chi connectivity index (χ0v) is 9.99. The van der Waals surface area contributed by atoms with Gasteiger partial charge in [0.1, 0.15) is 5.82 Å². The molecule has 0 aliphatic rings. The molecule has 0 saturated carbocycles. The van der Waals surface area contributed by atoms with Gasteiger partial charge in [0.05, 0.1) is 5.69 Å². The molecule has 3 heteroatoms. The molecule has 0 saturated heterocycles. The third kappa shape index (κ3) is 1.86. The average molecular weight is 215 g/mol. The van der Waals surface area contributed by atoms with E-state index in [1.807, 2.05) is 6.07 Å². The highest BCUT2D eigenvalue weighted by Crippen LogP contribution is 2.16. The van der Waals surface area contributed by atoms with Crippen molar-refractivity contribution in [2.45, 2.75) is 27.3 Å². The van der Waals surface area contributed by atoms with Gasteiger partial charge in [-0.3, -0.25) is 0 Å². The Balaban J connectivity index is 2.60. The molecule has 0 aliphatic heterocycles. The van der Waals surface area contributed by atoms with Crippen molar-refractivity contribution in [2.75, 3.05) is 0 Å². The predicted octanol–water partition coefficient (Wildman–Crippen LogP) is 2.26. The van der Waals surface area contributed by atoms with Crippen LogP contribution >= 0.6 is 0 Å². The van der Waals surface area contributed by atoms with E-state index in [-0.39, 0.29) is 0 Å². The maximum Gasteiger partial charge on any atom is 0.137 e. The van der Waals surface area contributed by atoms with E-state index in [0.29, 0.717) is 6.54 Å². The molecule has 0 radical (unpaired) electrons. The Morgan fingerprint density at radius 3 is 2.31 bits per heavy atom. The molecule has 0 aromatic carbocycles. The second-order valence-electron chi connectivity index (χ2n) is 4.15. The van der Waals surface area contributed by atoms with Crippen LogP contribution in [0, 0.1) is 20.8 Å². The summed E-state index contributed by atoms with van der Waals surface area (Å²) >= 11 is 0. The zero-order chi connectivity index (χ0) is 11.7. The van der Waals surface area contributed by atoms with Crippen LogP contribution in [0.2, 0.25) is 0 Å². The van der Waals surface area contributed by atoms with Crippen LogP contribution in [0.4, 0.5) is 0 Å². The molecular formula is C13H17N3. The van der Waals surface area contributed by atoms with E-state index in [0.717, 1.165) is 11.5 Å². The largest absolute Gasteiger partial charge is 0.325 e. The van der Waals surface area contributed by atoms with E-state index in [1.54, 1.807) is 0 Å². The normalized spacial score (nSPS) is 10.8. The minimum atomic E-state index is 0.480. The molecule has 2 rings (SSSR count). The minimum Gasteiger partial charge on any atom is -0.325 e. The first-order valence-corrected chi connectivity index (χ1v) is 5.45. The summed E-state index contributed by atoms with van der Waals surface area (Å²) in [5.74, 6) is 0.959. The van der Waals surface area contributed by atoms with Crippen molar-refractivity contribution in [3.05, 3.63) is 46.9 Å². The van der Waals surface area contributed by atoms with Gasteiger partial charge in [-0.2, -0.15) is 0 Å². The van der Waals surface area contributed by atoms with E-state index in [1.165, 1.54) is 17.0 Å². The molecule has 0 bridgehead atoms. The molecule has 2 N–H and O–H groups in total. The number of aromatic nitrogens is 2. The fourth-order valence-electron chi connectivity index (χ4n) is 1.97. The molecule has 0 atom stereocenters. The van der Waals surface area contributed by atoms with Crippen LogP contribution < -0.4 is 5.73 Å². The molecule has 0 spiro atoms. The van der Waals surface area contributed by atoms with Crippen molar-refractivity contribution in [3.63, 3.8) is 0 Å². The van der Waals surface area contributed by atoms with Gasteiger partial charge in [0, 0.05) is 17.9 Å². The summed E-state index contributed by atoms with van der Waals surface area (Å²) in [6.45, 7) is 6.71. The van der Waals surface area contributed by atoms with Gasteiger partial charge in [-0.25, -0.2) is 4.98 Å². The van der Waals surface area contributed by atoms with Gasteiger partial charge in [-0.05, 0) is 50.6 Å². The Morgan fingerprint density at radius 2 is 1.75 bits per heavy atom. The number of nitrogens with zero attached hydrogens (tertiary/aromatic N) is 2. The Kier molecular flexibility index (Phi) is 2.79. The van der Waals surface area contributed by atoms with Crippen LogP contribution in [-0.4, -0.2) is 9.55 Å². The van der Waals surface area contributed by atoms with Gasteiger partial charge in [0.15, 0.2) is 0 Å². The molecule has 16 heavy (non-hydrogen) atoms. The molecule has 2 aromatic heterocycles. The average Bonchev–Trinajstić information content (AvgIpc) is 2.57. The summed E-state index contributed by atoms with van der Waals surface area (Å²) in [4.78, 5) is 4.55. The monoisotopic (exact) mass is 215 g/mol. The second-order valence-corrected chi connectivity index (χ2v) is 4.15. The fourth-order valence-corrected chi connectivity index (χ4v) is 1.97. The summed E-state index contributed by atoms with van der Waals surface area (Å²) in [6, 6.07) is 8.31. The lowest BCUT2D eigenvalue weighted by Gasteiger charge is -2.10. The zero-order valence-electron chi connectivity index (χ0n) is 9.99. The van der Waals surface area contributed by atoms with Gasteiger partial charge >= 0.3 is 0 Å². The van der Waals surface area contributed by atoms with Gasteiger partial charge in [-0.1, -0.05) is 0 Å². The van der Waals surface area contributed by atoms with Crippen LogP contribution in [-0.2, 0) is 6.54 Å². The van der Waals surface area contributed by atoms with Gasteiger partial charge in [0.2, 0.25) is 0 Å². The van der Waals surface area contributed by atoms with Crippen molar-refractivity contribution in [3.8, 4) is 5.82 Å². The highest BCUT2D eigenvalue weighted by atomic mass is 15.1. The summed E-state index contributed by atoms with van der Waals surface area (Å²) in [5.41, 5.74) is 10.2. The molecular weight excluding hydrogens is 198 g/mol. The van der Waals surface area contributed by atoms with E-state index in [9.17, 15) is 0 Å². The number of aryl methyl sites for hydroxylation is 3. The van der Waals surface area contributed by atoms with E-state index in [4.69, 9.17) is 5.73 Å². The van der Waals surface area contributed by atoms with Gasteiger partial charge < -0.3 is 10.3 Å². The Morgan fingerprint density at radius 1 is 1.12 bits per heavy atom. The summed E-state index contributed by atoms with van der Waals surface area (Å²) in [6.07, 6.45) is 0. The third-order valence-corrected chi connectivity index (χ3v) is 2.72. The van der Waals surface area contributed by atoms with Crippen LogP contribution in [0.5, 0.6) is 0 Å². The summed E-state index contributed by atoms with van der Waals surface area (Å²) in [7, 11) is 0. The molecule has 0 amide bonds. The van der Waals surface area contributed by atoms with Crippen molar-refractivity contribution in [1.29, 1.82) is 0 Å². The van der Waals surface area contributed by atoms with Crippen molar-refractivity contribution in [2.24, 2.45) is 5.73 Å². The molecule has 2 aromatic rings. The SMILES string of the molecule is Cc1cc(CN)nc(-n2c(C)ccc2C)c1. The van der Waals surface area contributed by atoms with E-state index >= 15 is 0 Å². The third-order valence-electron chi connectivity index (χ3n) is 2.72. The molecule has 84 valence electrons. The molecule has 0 fully saturated rings. The van der Waals surface area contributed by atoms with Crippen molar-refractivity contribution in [1.82, 2.24) is 9.55 Å². The number of rotatable bonds is 2. The highest BCUT2D eigenvalue weighted by molar-refractivity contribution is 5.35. The molecule has 0 aliphatic carbocycles. The van der Waals surface area contributed by atoms with E-state index in [2.05, 4.69) is 48.5 Å². The Labute approximate surface area is 95.9 Å². The highest BCUT2D eigenvalue weighted by Gasteiger charge is 2.06. The number of pyridine rings is 1. The lowest BCUT2D eigenvalue weighted by molar-refractivity contribution is 0.883. The molecule has 0 unspecified atom stereocenters. The van der Waals surface area contributed by atoms with Crippen LogP contribution in [0.25, 0.3) is 5.82 Å². The number of hydrogen-bond acceptors (Lipinski definition) is 2. The smallest absolute Gasteiger partial charge is 0.137 e. The Hall–Kier alpha value is -1.61. The van der Waals surface area contributed by atoms with Crippen LogP contribution in [0.3, 0.4) is 0 Å². The number of hydrogen-bond donors (Lipinski definition) is 1. The lowest BCUT2D eigenvalue weighted by Crippen LogP contribution is -2.07. The standard InChI is InChI=1S/C13H17N3/c1-9-6-12(8-14)15-13(7-9)16-10(2)4-5-11(16)3/h4-7H,8,14H2,1-3H3. The molecule has 2 heterocycles. The van der Waals surface area contributed by atoms with Crippen molar-refractivity contribution < 1.29 is 0 Å². The predicted molar refractivity (Wildman–Crippen MR) is 65.7 cm³/mol. The first-order valence-electron chi connectivity index (χ1n) is 5.45. The first kappa shape index (κ1) is 10.9. The summed E-state index contributed by atoms with van der Waals surface area (Å²) < 4.78 is 2.14. The second kappa shape index (κ2) is 4.10. The van der Waals surface area contributed by atoms with E-state index < -0.39 is 0 Å². The van der Waals surface area contributed by atoms with Crippen molar-refractivity contribution >= 4 is 0 Å². The Bertz CT molecular complexity index is 492.